The number of hydrogen-bond donors (Lipinski definition) is 0. The molecule has 0 saturated carbocycles. The zero-order valence-electron chi connectivity index (χ0n) is 76.2. The van der Waals surface area contributed by atoms with Crippen molar-refractivity contribution in [2.75, 3.05) is 0 Å². The number of fused-ring (bicyclic) bond motifs is 9. The van der Waals surface area contributed by atoms with Crippen LogP contribution in [-0.4, -0.2) is 63.3 Å². The van der Waals surface area contributed by atoms with Crippen molar-refractivity contribution in [2.24, 2.45) is 0 Å². The van der Waals surface area contributed by atoms with E-state index in [0.717, 1.165) is 96.6 Å². The second-order valence-corrected chi connectivity index (χ2v) is 34.2. The summed E-state index contributed by atoms with van der Waals surface area (Å²) in [6, 6.07) is 132. The fourth-order valence-corrected chi connectivity index (χ4v) is 18.8. The number of hydrogen-bond acceptors (Lipinski definition) is 7. The summed E-state index contributed by atoms with van der Waals surface area (Å²) in [6.45, 7) is 24.9. The van der Waals surface area contributed by atoms with Gasteiger partial charge in [-0.1, -0.05) is 178 Å². The molecule has 1 aliphatic carbocycles. The third-order valence-electron chi connectivity index (χ3n) is 23.7. The van der Waals surface area contributed by atoms with Gasteiger partial charge in [-0.25, -0.2) is 0 Å². The normalized spacial score (nSPS) is 11.4. The van der Waals surface area contributed by atoms with E-state index in [1.54, 1.807) is 6.20 Å². The molecule has 8 aromatic heterocycles. The van der Waals surface area contributed by atoms with Crippen molar-refractivity contribution >= 4 is 53.3 Å². The molecule has 3 radical (unpaired) electrons. The van der Waals surface area contributed by atoms with Crippen LogP contribution in [0.25, 0.3) is 126 Å². The molecule has 0 saturated heterocycles. The monoisotopic (exact) mass is 2010 g/mol. The van der Waals surface area contributed by atoms with Crippen LogP contribution < -0.4 is 0 Å². The van der Waals surface area contributed by atoms with E-state index >= 15 is 0 Å². The van der Waals surface area contributed by atoms with Crippen molar-refractivity contribution in [1.82, 2.24) is 63.3 Å². The fourth-order valence-electron chi connectivity index (χ4n) is 17.7. The molecule has 661 valence electrons. The number of nitrogens with zero attached hydrogens (tertiary/aromatic N) is 13. The minimum atomic E-state index is 0. The van der Waals surface area contributed by atoms with Gasteiger partial charge in [0.05, 0.1) is 39.5 Å². The van der Waals surface area contributed by atoms with E-state index in [-0.39, 0.29) is 63.8 Å². The predicted octanol–water partition coefficient (Wildman–Crippen LogP) is 28.2. The molecule has 17 heteroatoms. The van der Waals surface area contributed by atoms with Gasteiger partial charge in [-0.2, -0.15) is 158 Å². The van der Waals surface area contributed by atoms with Gasteiger partial charge >= 0.3 is 58.4 Å². The summed E-state index contributed by atoms with van der Waals surface area (Å²) >= 11 is 1.85. The van der Waals surface area contributed by atoms with Crippen LogP contribution in [-0.2, 0) is 63.8 Å². The second kappa shape index (κ2) is 43.4. The number of rotatable bonds is 16. The Kier molecular flexibility index (Phi) is 31.2. The second-order valence-electron chi connectivity index (χ2n) is 33.1. The average Bonchev–Trinajstić information content (AvgIpc) is 1.56. The van der Waals surface area contributed by atoms with E-state index in [1.165, 1.54) is 136 Å². The Hall–Kier alpha value is -13.0. The predicted molar refractivity (Wildman–Crippen MR) is 531 cm³/mol. The first kappa shape index (κ1) is 95.1. The quantitative estimate of drug-likeness (QED) is 0.0704. The molecular weight excluding hydrogens is 1900 g/mol. The SMILES string of the molecule is CCCCC1(CCCC)c2ccccc2-c2ccc(-c3c[c-]c(-n4nc(C)cc4C)cc3)cc21.Cc1cc(C)n(-c2[c-]cc(-c3ccc4c5ccccc5n(-c5ccccc5)c4c3)cc2)n1.Cc1cc(C)n(-c2[c-]cccc2)n1.Cc1cc(C)n(-c2[c-]cccc2)n1.Cc1cc(C)n(-c2[c-]cccc2)n1.[Rh+2].[Rh+2].[Rh+2].[c-]1cc(-c2ccc3c(c2)sc2ccccc23)ccc1-n1cccn1. The van der Waals surface area contributed by atoms with Crippen LogP contribution in [0, 0.1) is 106 Å². The van der Waals surface area contributed by atoms with Crippen molar-refractivity contribution in [2.45, 2.75) is 127 Å². The van der Waals surface area contributed by atoms with Gasteiger partial charge < -0.3 is 4.57 Å². The molecule has 0 bridgehead atoms. The molecule has 0 unspecified atom stereocenters. The van der Waals surface area contributed by atoms with Crippen molar-refractivity contribution in [1.29, 1.82) is 0 Å². The van der Waals surface area contributed by atoms with Crippen molar-refractivity contribution in [3.63, 3.8) is 0 Å². The number of aryl methyl sites for hydroxylation is 10. The fraction of sp³-hybridized carbons (Fsp3) is 0.165. The Bertz CT molecular complexity index is 7170. The summed E-state index contributed by atoms with van der Waals surface area (Å²) in [5, 5.41) is 31.7. The topological polar surface area (TPSA) is 112 Å². The first-order chi connectivity index (χ1) is 63.0. The average molecular weight is 2010 g/mol. The van der Waals surface area contributed by atoms with E-state index in [0.29, 0.717) is 0 Å². The van der Waals surface area contributed by atoms with Gasteiger partial charge in [0.25, 0.3) is 0 Å². The molecular formula is C115H103N13Rh3S. The Morgan fingerprint density at radius 1 is 0.303 bits per heavy atom. The zero-order chi connectivity index (χ0) is 89.1. The van der Waals surface area contributed by atoms with Crippen LogP contribution in [0.15, 0.2) is 334 Å². The number of unbranched alkanes of at least 4 members (excludes halogenated alkanes) is 2. The molecule has 0 aliphatic heterocycles. The van der Waals surface area contributed by atoms with Crippen LogP contribution in [0.3, 0.4) is 0 Å². The van der Waals surface area contributed by atoms with Crippen LogP contribution in [0.2, 0.25) is 0 Å². The summed E-state index contributed by atoms with van der Waals surface area (Å²) in [7, 11) is 0. The summed E-state index contributed by atoms with van der Waals surface area (Å²) in [6.07, 6.45) is 11.1. The molecule has 0 N–H and O–H groups in total. The van der Waals surface area contributed by atoms with Crippen LogP contribution in [0.4, 0.5) is 0 Å². The van der Waals surface area contributed by atoms with Gasteiger partial charge in [0.1, 0.15) is 0 Å². The van der Waals surface area contributed by atoms with Gasteiger partial charge in [-0.3, -0.25) is 28.1 Å². The smallest absolute Gasteiger partial charge is 0.309 e. The van der Waals surface area contributed by atoms with E-state index in [9.17, 15) is 0 Å². The number of para-hydroxylation sites is 5. The van der Waals surface area contributed by atoms with Crippen molar-refractivity contribution < 1.29 is 58.4 Å². The summed E-state index contributed by atoms with van der Waals surface area (Å²) < 4.78 is 16.4. The van der Waals surface area contributed by atoms with Gasteiger partial charge in [0, 0.05) is 82.9 Å². The van der Waals surface area contributed by atoms with Crippen LogP contribution in [0.1, 0.15) is 120 Å². The van der Waals surface area contributed by atoms with E-state index in [4.69, 9.17) is 0 Å². The van der Waals surface area contributed by atoms with Crippen molar-refractivity contribution in [3.8, 4) is 84.3 Å². The largest absolute Gasteiger partial charge is 2.00 e. The van der Waals surface area contributed by atoms with Crippen LogP contribution in [0.5, 0.6) is 0 Å². The third-order valence-corrected chi connectivity index (χ3v) is 24.8. The molecule has 0 amide bonds. The minimum absolute atomic E-state index is 0. The molecule has 1 aliphatic rings. The molecule has 0 spiro atoms. The van der Waals surface area contributed by atoms with E-state index in [1.807, 2.05) is 186 Å². The number of thiophene rings is 1. The Morgan fingerprint density at radius 3 is 1.14 bits per heavy atom. The molecule has 132 heavy (non-hydrogen) atoms. The summed E-state index contributed by atoms with van der Waals surface area (Å²) in [4.78, 5) is 0. The van der Waals surface area contributed by atoms with Gasteiger partial charge in [-0.05, 0) is 211 Å². The minimum Gasteiger partial charge on any atom is -0.309 e. The van der Waals surface area contributed by atoms with Crippen molar-refractivity contribution in [3.05, 3.63) is 438 Å². The first-order valence-corrected chi connectivity index (χ1v) is 45.2. The van der Waals surface area contributed by atoms with Gasteiger partial charge in [-0.15, -0.1) is 64.4 Å². The van der Waals surface area contributed by atoms with Gasteiger partial charge in [0.2, 0.25) is 0 Å². The molecule has 0 atom stereocenters. The first-order valence-electron chi connectivity index (χ1n) is 44.4. The van der Waals surface area contributed by atoms with Gasteiger partial charge in [0.15, 0.2) is 0 Å². The zero-order valence-corrected chi connectivity index (χ0v) is 82.0. The standard InChI is InChI=1S/C32H35N2.C29H22N3.C21H13N2S.3C11H11N2.3Rh/c1-5-7-19-32(20-8-6-2)30-12-10-9-11-28(30)29-18-15-26(22-31(29)32)25-13-16-27(17-14-25)34-24(4)21-23(3)33-34;1-20-18-21(2)32(30-20)25-15-12-22(13-16-25)23-14-17-27-26-10-6-7-11-28(26)31(29(27)19-23)24-8-4-3-5-9-24;1-2-5-20-18(4-1)19-11-8-16(14-21(19)24-20)15-6-9-17(10-7-15)23-13-3-12-22-23;3*1-9-8-10(2)13(12-9)11-6-4-3-5-7-11;;;/h9-16,18,21-22H,5-8,19-20H2,1-4H3;3-15,17-19H,1-2H3;1-9,11-14H;3*3-6,8H,1-2H3;;;/q6*-1;3*+2. The summed E-state index contributed by atoms with van der Waals surface area (Å²) in [5.41, 5.74) is 33.5. The van der Waals surface area contributed by atoms with E-state index in [2.05, 4.69) is 336 Å². The summed E-state index contributed by atoms with van der Waals surface area (Å²) in [5.74, 6) is 0. The number of benzene rings is 13. The maximum absolute atomic E-state index is 4.61. The number of aromatic nitrogens is 13. The molecule has 21 aromatic rings. The molecule has 8 heterocycles. The molecule has 22 rings (SSSR count). The maximum Gasteiger partial charge on any atom is 2.00 e. The molecule has 13 aromatic carbocycles. The Morgan fingerprint density at radius 2 is 0.689 bits per heavy atom. The molecule has 0 fully saturated rings. The Labute approximate surface area is 817 Å². The Balaban J connectivity index is 0.000000132. The third kappa shape index (κ3) is 21.0. The van der Waals surface area contributed by atoms with E-state index < -0.39 is 0 Å². The maximum atomic E-state index is 4.61. The molecule has 13 nitrogen and oxygen atoms in total. The van der Waals surface area contributed by atoms with Crippen LogP contribution >= 0.6 is 11.3 Å².